The zero-order valence-corrected chi connectivity index (χ0v) is 10.1. The fourth-order valence-electron chi connectivity index (χ4n) is 2.14. The Hall–Kier alpha value is -2.07. The van der Waals surface area contributed by atoms with Crippen molar-refractivity contribution < 1.29 is 9.52 Å². The molecular weight excluding hydrogens is 228 g/mol. The smallest absolute Gasteiger partial charge is 0.134 e. The second kappa shape index (κ2) is 4.31. The topological polar surface area (TPSA) is 51.2 Å². The first-order chi connectivity index (χ1) is 8.74. The lowest BCUT2D eigenvalue weighted by Crippen LogP contribution is -2.02. The number of aliphatic hydroxyl groups excluding tert-OH is 1. The van der Waals surface area contributed by atoms with E-state index in [1.807, 2.05) is 43.6 Å². The molecule has 0 radical (unpaired) electrons. The number of aromatic nitrogens is 2. The molecule has 0 aliphatic rings. The lowest BCUT2D eigenvalue weighted by Gasteiger charge is -2.06. The monoisotopic (exact) mass is 242 g/mol. The van der Waals surface area contributed by atoms with Crippen molar-refractivity contribution in [1.29, 1.82) is 0 Å². The van der Waals surface area contributed by atoms with Gasteiger partial charge in [0.15, 0.2) is 0 Å². The summed E-state index contributed by atoms with van der Waals surface area (Å²) in [5, 5.41) is 15.5. The molecule has 3 rings (SSSR count). The van der Waals surface area contributed by atoms with Gasteiger partial charge < -0.3 is 9.52 Å². The molecule has 0 bridgehead atoms. The molecule has 92 valence electrons. The van der Waals surface area contributed by atoms with Crippen LogP contribution in [0.4, 0.5) is 0 Å². The van der Waals surface area contributed by atoms with Crippen molar-refractivity contribution in [3.63, 3.8) is 0 Å². The number of rotatable bonds is 3. The molecule has 4 nitrogen and oxygen atoms in total. The molecule has 2 heterocycles. The van der Waals surface area contributed by atoms with Crippen LogP contribution in [0.5, 0.6) is 0 Å². The molecule has 0 aliphatic heterocycles. The van der Waals surface area contributed by atoms with Crippen LogP contribution in [0.3, 0.4) is 0 Å². The summed E-state index contributed by atoms with van der Waals surface area (Å²) >= 11 is 0. The Bertz CT molecular complexity index is 669. The fraction of sp³-hybridized carbons (Fsp3) is 0.214. The molecular formula is C14H14N2O2. The Morgan fingerprint density at radius 3 is 2.94 bits per heavy atom. The molecule has 3 aromatic rings. The Morgan fingerprint density at radius 2 is 2.17 bits per heavy atom. The summed E-state index contributed by atoms with van der Waals surface area (Å²) in [5.74, 6) is 0. The molecule has 1 aromatic carbocycles. The van der Waals surface area contributed by atoms with Gasteiger partial charge in [0.05, 0.1) is 18.1 Å². The van der Waals surface area contributed by atoms with Crippen molar-refractivity contribution in [2.45, 2.75) is 12.5 Å². The van der Waals surface area contributed by atoms with Crippen LogP contribution >= 0.6 is 0 Å². The maximum absolute atomic E-state index is 10.3. The maximum atomic E-state index is 10.3. The van der Waals surface area contributed by atoms with E-state index in [1.54, 1.807) is 10.9 Å². The van der Waals surface area contributed by atoms with Crippen molar-refractivity contribution in [1.82, 2.24) is 9.78 Å². The number of fused-ring (bicyclic) bond motifs is 1. The van der Waals surface area contributed by atoms with Crippen molar-refractivity contribution in [3.8, 4) is 0 Å². The normalized spacial score (nSPS) is 13.0. The second-order valence-corrected chi connectivity index (χ2v) is 4.39. The average Bonchev–Trinajstić information content (AvgIpc) is 2.95. The summed E-state index contributed by atoms with van der Waals surface area (Å²) in [5.41, 5.74) is 2.49. The van der Waals surface area contributed by atoms with Crippen LogP contribution in [-0.4, -0.2) is 14.9 Å². The third-order valence-corrected chi connectivity index (χ3v) is 3.04. The number of aliphatic hydroxyl groups is 1. The van der Waals surface area contributed by atoms with E-state index >= 15 is 0 Å². The summed E-state index contributed by atoms with van der Waals surface area (Å²) in [7, 11) is 1.86. The highest BCUT2D eigenvalue weighted by molar-refractivity contribution is 5.81. The Balaban J connectivity index is 1.90. The van der Waals surface area contributed by atoms with Crippen LogP contribution < -0.4 is 0 Å². The van der Waals surface area contributed by atoms with Crippen LogP contribution in [0.1, 0.15) is 17.4 Å². The van der Waals surface area contributed by atoms with E-state index in [-0.39, 0.29) is 0 Å². The number of hydrogen-bond acceptors (Lipinski definition) is 3. The summed E-state index contributed by atoms with van der Waals surface area (Å²) in [6.07, 6.45) is 3.39. The van der Waals surface area contributed by atoms with E-state index < -0.39 is 6.10 Å². The highest BCUT2D eigenvalue weighted by atomic mass is 16.3. The van der Waals surface area contributed by atoms with E-state index in [4.69, 9.17) is 4.42 Å². The van der Waals surface area contributed by atoms with Crippen LogP contribution in [0.25, 0.3) is 11.0 Å². The molecule has 0 saturated heterocycles. The van der Waals surface area contributed by atoms with Gasteiger partial charge in [0.1, 0.15) is 5.58 Å². The van der Waals surface area contributed by atoms with Crippen molar-refractivity contribution in [2.75, 3.05) is 0 Å². The van der Waals surface area contributed by atoms with Gasteiger partial charge in [0, 0.05) is 30.6 Å². The minimum atomic E-state index is -0.594. The van der Waals surface area contributed by atoms with Gasteiger partial charge in [-0.1, -0.05) is 18.2 Å². The molecule has 0 saturated carbocycles. The predicted octanol–water partition coefficient (Wildman–Crippen LogP) is 2.44. The summed E-state index contributed by atoms with van der Waals surface area (Å²) in [6, 6.07) is 9.61. The molecule has 0 fully saturated rings. The van der Waals surface area contributed by atoms with Gasteiger partial charge >= 0.3 is 0 Å². The van der Waals surface area contributed by atoms with Gasteiger partial charge in [-0.2, -0.15) is 5.10 Å². The van der Waals surface area contributed by atoms with Gasteiger partial charge in [0.2, 0.25) is 0 Å². The van der Waals surface area contributed by atoms with Crippen molar-refractivity contribution in [3.05, 3.63) is 54.0 Å². The van der Waals surface area contributed by atoms with E-state index in [1.165, 1.54) is 0 Å². The fourth-order valence-corrected chi connectivity index (χ4v) is 2.14. The number of aryl methyl sites for hydroxylation is 1. The van der Waals surface area contributed by atoms with Gasteiger partial charge in [-0.15, -0.1) is 0 Å². The molecule has 4 heteroatoms. The third-order valence-electron chi connectivity index (χ3n) is 3.04. The SMILES string of the molecule is Cn1ccc(CC(O)c2coc3ccccc23)n1. The lowest BCUT2D eigenvalue weighted by molar-refractivity contribution is 0.177. The van der Waals surface area contributed by atoms with E-state index in [0.29, 0.717) is 6.42 Å². The Morgan fingerprint density at radius 1 is 1.33 bits per heavy atom. The first-order valence-corrected chi connectivity index (χ1v) is 5.87. The van der Waals surface area contributed by atoms with Crippen LogP contribution in [-0.2, 0) is 13.5 Å². The minimum absolute atomic E-state index is 0.490. The predicted molar refractivity (Wildman–Crippen MR) is 68.1 cm³/mol. The molecule has 0 amide bonds. The van der Waals surface area contributed by atoms with E-state index in [9.17, 15) is 5.11 Å². The number of furan rings is 1. The Labute approximate surface area is 104 Å². The van der Waals surface area contributed by atoms with Gasteiger partial charge in [-0.05, 0) is 12.1 Å². The molecule has 1 N–H and O–H groups in total. The second-order valence-electron chi connectivity index (χ2n) is 4.39. The summed E-state index contributed by atoms with van der Waals surface area (Å²) in [4.78, 5) is 0. The zero-order valence-electron chi connectivity index (χ0n) is 10.1. The summed E-state index contributed by atoms with van der Waals surface area (Å²) in [6.45, 7) is 0. The molecule has 1 unspecified atom stereocenters. The first-order valence-electron chi connectivity index (χ1n) is 5.87. The van der Waals surface area contributed by atoms with Gasteiger partial charge in [0.25, 0.3) is 0 Å². The van der Waals surface area contributed by atoms with Crippen LogP contribution in [0.2, 0.25) is 0 Å². The quantitative estimate of drug-likeness (QED) is 0.767. The van der Waals surface area contributed by atoms with Gasteiger partial charge in [-0.3, -0.25) is 4.68 Å². The van der Waals surface area contributed by atoms with Crippen molar-refractivity contribution >= 4 is 11.0 Å². The van der Waals surface area contributed by atoms with E-state index in [0.717, 1.165) is 22.2 Å². The largest absolute Gasteiger partial charge is 0.464 e. The standard InChI is InChI=1S/C14H14N2O2/c1-16-7-6-10(15-16)8-13(17)12-9-18-14-5-3-2-4-11(12)14/h2-7,9,13,17H,8H2,1H3. The summed E-state index contributed by atoms with van der Waals surface area (Å²) < 4.78 is 7.16. The average molecular weight is 242 g/mol. The molecule has 1 atom stereocenters. The highest BCUT2D eigenvalue weighted by Crippen LogP contribution is 2.27. The van der Waals surface area contributed by atoms with Gasteiger partial charge in [-0.25, -0.2) is 0 Å². The molecule has 2 aromatic heterocycles. The molecule has 18 heavy (non-hydrogen) atoms. The van der Waals surface area contributed by atoms with Crippen LogP contribution in [0.15, 0.2) is 47.2 Å². The van der Waals surface area contributed by atoms with Crippen LogP contribution in [0, 0.1) is 0 Å². The first kappa shape index (κ1) is 11.0. The van der Waals surface area contributed by atoms with Crippen molar-refractivity contribution in [2.24, 2.45) is 7.05 Å². The number of para-hydroxylation sites is 1. The number of benzene rings is 1. The zero-order chi connectivity index (χ0) is 12.5. The maximum Gasteiger partial charge on any atom is 0.134 e. The van der Waals surface area contributed by atoms with E-state index in [2.05, 4.69) is 5.10 Å². The third kappa shape index (κ3) is 1.91. The lowest BCUT2D eigenvalue weighted by atomic mass is 10.0. The Kier molecular flexibility index (Phi) is 2.64. The molecule has 0 aliphatic carbocycles. The minimum Gasteiger partial charge on any atom is -0.464 e. The number of nitrogens with zero attached hydrogens (tertiary/aromatic N) is 2. The number of hydrogen-bond donors (Lipinski definition) is 1. The highest BCUT2D eigenvalue weighted by Gasteiger charge is 2.15. The molecule has 0 spiro atoms.